The number of rotatable bonds is 3. The third kappa shape index (κ3) is 2.91. The highest BCUT2D eigenvalue weighted by molar-refractivity contribution is 5.80. The Balaban J connectivity index is 1.75. The van der Waals surface area contributed by atoms with Crippen LogP contribution in [0.25, 0.3) is 5.57 Å². The Morgan fingerprint density at radius 1 is 0.667 bits per heavy atom. The van der Waals surface area contributed by atoms with Gasteiger partial charge >= 0.3 is 0 Å². The first-order valence-electron chi connectivity index (χ1n) is 8.11. The largest absolute Gasteiger partial charge is 0.461 e. The molecule has 0 saturated carbocycles. The molecule has 0 spiro atoms. The van der Waals surface area contributed by atoms with Crippen molar-refractivity contribution >= 4 is 5.57 Å². The van der Waals surface area contributed by atoms with E-state index < -0.39 is 0 Å². The van der Waals surface area contributed by atoms with Gasteiger partial charge in [-0.25, -0.2) is 0 Å². The van der Waals surface area contributed by atoms with Crippen LogP contribution in [0.15, 0.2) is 96.9 Å². The van der Waals surface area contributed by atoms with Gasteiger partial charge in [-0.1, -0.05) is 91.0 Å². The van der Waals surface area contributed by atoms with Crippen LogP contribution in [0.3, 0.4) is 0 Å². The molecule has 3 aromatic carbocycles. The van der Waals surface area contributed by atoms with E-state index in [2.05, 4.69) is 36.4 Å². The van der Waals surface area contributed by atoms with Crippen LogP contribution in [0.1, 0.15) is 22.8 Å². The summed E-state index contributed by atoms with van der Waals surface area (Å²) in [6.45, 7) is 0.530. The average Bonchev–Trinajstić information content (AvgIpc) is 3.14. The Morgan fingerprint density at radius 2 is 1.17 bits per heavy atom. The highest BCUT2D eigenvalue weighted by Gasteiger charge is 2.27. The van der Waals surface area contributed by atoms with Crippen LogP contribution in [0.5, 0.6) is 0 Å². The van der Waals surface area contributed by atoms with Gasteiger partial charge in [0, 0.05) is 0 Å². The van der Waals surface area contributed by atoms with Crippen LogP contribution in [0.4, 0.5) is 0 Å². The maximum Gasteiger partial charge on any atom is 0.288 e. The lowest BCUT2D eigenvalue weighted by Crippen LogP contribution is -1.99. The van der Waals surface area contributed by atoms with Crippen molar-refractivity contribution in [3.63, 3.8) is 0 Å². The van der Waals surface area contributed by atoms with Crippen molar-refractivity contribution in [2.75, 3.05) is 6.61 Å². The summed E-state index contributed by atoms with van der Waals surface area (Å²) in [6, 6.07) is 30.7. The number of hydrogen-bond acceptors (Lipinski definition) is 2. The summed E-state index contributed by atoms with van der Waals surface area (Å²) in [5.74, 6) is 0.598. The third-order valence-electron chi connectivity index (χ3n) is 4.12. The molecule has 0 radical (unpaired) electrons. The summed E-state index contributed by atoms with van der Waals surface area (Å²) in [6.07, 6.45) is -0.0661. The molecule has 0 aliphatic carbocycles. The Bertz CT molecular complexity index is 782. The van der Waals surface area contributed by atoms with E-state index in [1.165, 1.54) is 0 Å². The van der Waals surface area contributed by atoms with E-state index in [-0.39, 0.29) is 6.10 Å². The normalized spacial score (nSPS) is 16.3. The molecule has 4 rings (SSSR count). The lowest BCUT2D eigenvalue weighted by atomic mass is 9.99. The molecule has 1 atom stereocenters. The average molecular weight is 314 g/mol. The zero-order valence-electron chi connectivity index (χ0n) is 13.3. The molecule has 2 heteroatoms. The van der Waals surface area contributed by atoms with Crippen LogP contribution in [-0.2, 0) is 9.47 Å². The second kappa shape index (κ2) is 6.63. The quantitative estimate of drug-likeness (QED) is 0.662. The topological polar surface area (TPSA) is 18.5 Å². The van der Waals surface area contributed by atoms with E-state index in [9.17, 15) is 0 Å². The van der Waals surface area contributed by atoms with Gasteiger partial charge in [-0.3, -0.25) is 0 Å². The van der Waals surface area contributed by atoms with E-state index in [1.807, 2.05) is 54.6 Å². The van der Waals surface area contributed by atoms with Crippen LogP contribution in [-0.4, -0.2) is 6.61 Å². The first-order valence-corrected chi connectivity index (χ1v) is 8.11. The Kier molecular flexibility index (Phi) is 4.03. The van der Waals surface area contributed by atoms with Crippen LogP contribution < -0.4 is 0 Å². The van der Waals surface area contributed by atoms with E-state index in [1.54, 1.807) is 0 Å². The Labute approximate surface area is 142 Å². The molecule has 0 N–H and O–H groups in total. The summed E-state index contributed by atoms with van der Waals surface area (Å²) < 4.78 is 12.1. The number of ether oxygens (including phenoxy) is 2. The molecule has 0 amide bonds. The Hall–Kier alpha value is -3.00. The van der Waals surface area contributed by atoms with Gasteiger partial charge in [-0.15, -0.1) is 0 Å². The molecule has 1 aliphatic rings. The van der Waals surface area contributed by atoms with Crippen molar-refractivity contribution in [1.29, 1.82) is 0 Å². The molecule has 0 aromatic heterocycles. The molecule has 3 aromatic rings. The molecule has 118 valence electrons. The second-order valence-corrected chi connectivity index (χ2v) is 5.72. The fourth-order valence-electron chi connectivity index (χ4n) is 2.92. The molecule has 1 heterocycles. The van der Waals surface area contributed by atoms with Gasteiger partial charge in [-0.2, -0.15) is 0 Å². The minimum absolute atomic E-state index is 0.0661. The molecule has 1 aliphatic heterocycles. The summed E-state index contributed by atoms with van der Waals surface area (Å²) in [4.78, 5) is 0. The fraction of sp³-hybridized carbons (Fsp3) is 0.0909. The van der Waals surface area contributed by atoms with E-state index in [0.717, 1.165) is 22.3 Å². The second-order valence-electron chi connectivity index (χ2n) is 5.72. The predicted molar refractivity (Wildman–Crippen MR) is 95.1 cm³/mol. The Morgan fingerprint density at radius 3 is 1.71 bits per heavy atom. The summed E-state index contributed by atoms with van der Waals surface area (Å²) in [7, 11) is 0. The maximum atomic E-state index is 6.18. The minimum atomic E-state index is -0.0661. The van der Waals surface area contributed by atoms with Crippen LogP contribution in [0, 0.1) is 0 Å². The lowest BCUT2D eigenvalue weighted by Gasteiger charge is -2.12. The molecule has 1 fully saturated rings. The maximum absolute atomic E-state index is 6.18. The van der Waals surface area contributed by atoms with E-state index in [0.29, 0.717) is 12.6 Å². The van der Waals surface area contributed by atoms with Gasteiger partial charge < -0.3 is 9.47 Å². The van der Waals surface area contributed by atoms with Crippen LogP contribution in [0.2, 0.25) is 0 Å². The van der Waals surface area contributed by atoms with Gasteiger partial charge in [0.05, 0.1) is 5.57 Å². The van der Waals surface area contributed by atoms with E-state index in [4.69, 9.17) is 9.47 Å². The van der Waals surface area contributed by atoms with Crippen LogP contribution >= 0.6 is 0 Å². The first kappa shape index (κ1) is 14.6. The van der Waals surface area contributed by atoms with Crippen molar-refractivity contribution in [1.82, 2.24) is 0 Å². The molecule has 0 bridgehead atoms. The SMILES string of the molecule is c1ccc(C(=C2OCC(c3ccccc3)O2)c2ccccc2)cc1. The van der Waals surface area contributed by atoms with Gasteiger partial charge in [0.1, 0.15) is 6.61 Å². The zero-order chi connectivity index (χ0) is 16.2. The summed E-state index contributed by atoms with van der Waals surface area (Å²) in [5.41, 5.74) is 4.31. The van der Waals surface area contributed by atoms with Crippen molar-refractivity contribution in [3.05, 3.63) is 114 Å². The zero-order valence-corrected chi connectivity index (χ0v) is 13.3. The van der Waals surface area contributed by atoms with E-state index >= 15 is 0 Å². The summed E-state index contributed by atoms with van der Waals surface area (Å²) >= 11 is 0. The van der Waals surface area contributed by atoms with Gasteiger partial charge in [0.25, 0.3) is 5.95 Å². The number of hydrogen-bond donors (Lipinski definition) is 0. The molecule has 1 saturated heterocycles. The van der Waals surface area contributed by atoms with Crippen molar-refractivity contribution < 1.29 is 9.47 Å². The smallest absolute Gasteiger partial charge is 0.288 e. The standard InChI is InChI=1S/C22H18O2/c1-4-10-17(11-5-1)20-16-23-22(24-20)21(18-12-6-2-7-13-18)19-14-8-3-9-15-19/h1-15,20H,16H2. The van der Waals surface area contributed by atoms with Gasteiger partial charge in [0.2, 0.25) is 0 Å². The molecule has 2 nitrogen and oxygen atoms in total. The minimum Gasteiger partial charge on any atom is -0.461 e. The van der Waals surface area contributed by atoms with Crippen molar-refractivity contribution in [2.24, 2.45) is 0 Å². The molecular weight excluding hydrogens is 296 g/mol. The highest BCUT2D eigenvalue weighted by Crippen LogP contribution is 2.36. The molecule has 1 unspecified atom stereocenters. The van der Waals surface area contributed by atoms with Gasteiger partial charge in [0.15, 0.2) is 6.10 Å². The van der Waals surface area contributed by atoms with Gasteiger partial charge in [-0.05, 0) is 16.7 Å². The third-order valence-corrected chi connectivity index (χ3v) is 4.12. The fourth-order valence-corrected chi connectivity index (χ4v) is 2.92. The monoisotopic (exact) mass is 314 g/mol. The molecular formula is C22H18O2. The lowest BCUT2D eigenvalue weighted by molar-refractivity contribution is 0.145. The first-order chi connectivity index (χ1) is 11.9. The number of benzene rings is 3. The summed E-state index contributed by atoms with van der Waals surface area (Å²) in [5, 5.41) is 0. The highest BCUT2D eigenvalue weighted by atomic mass is 16.7. The predicted octanol–water partition coefficient (Wildman–Crippen LogP) is 5.19. The van der Waals surface area contributed by atoms with Crippen molar-refractivity contribution in [3.8, 4) is 0 Å². The van der Waals surface area contributed by atoms with Crippen molar-refractivity contribution in [2.45, 2.75) is 6.10 Å². The molecule has 24 heavy (non-hydrogen) atoms.